The van der Waals surface area contributed by atoms with Gasteiger partial charge in [0.25, 0.3) is 0 Å². The van der Waals surface area contributed by atoms with Gasteiger partial charge < -0.3 is 5.73 Å². The molecule has 1 saturated carbocycles. The molecular formula is C18H28FN. The second-order valence-corrected chi connectivity index (χ2v) is 7.61. The first-order chi connectivity index (χ1) is 9.22. The maximum atomic E-state index is 13.6. The highest BCUT2D eigenvalue weighted by Gasteiger charge is 2.35. The van der Waals surface area contributed by atoms with Crippen molar-refractivity contribution in [2.45, 2.75) is 65.3 Å². The average molecular weight is 277 g/mol. The number of aryl methyl sites for hydroxylation is 1. The summed E-state index contributed by atoms with van der Waals surface area (Å²) in [6, 6.07) is 5.02. The highest BCUT2D eigenvalue weighted by atomic mass is 19.1. The topological polar surface area (TPSA) is 26.0 Å². The van der Waals surface area contributed by atoms with Crippen LogP contribution in [-0.2, 0) is 5.54 Å². The molecule has 0 bridgehead atoms. The van der Waals surface area contributed by atoms with E-state index < -0.39 is 0 Å². The van der Waals surface area contributed by atoms with Crippen molar-refractivity contribution < 1.29 is 4.39 Å². The zero-order valence-electron chi connectivity index (χ0n) is 13.3. The van der Waals surface area contributed by atoms with Gasteiger partial charge in [0, 0.05) is 5.54 Å². The summed E-state index contributed by atoms with van der Waals surface area (Å²) in [6.07, 6.45) is 5.42. The van der Waals surface area contributed by atoms with Gasteiger partial charge in [-0.05, 0) is 67.2 Å². The van der Waals surface area contributed by atoms with Crippen LogP contribution in [0, 0.1) is 24.1 Å². The Balaban J connectivity index is 2.25. The van der Waals surface area contributed by atoms with E-state index in [0.717, 1.165) is 36.8 Å². The van der Waals surface area contributed by atoms with Crippen LogP contribution in [0.4, 0.5) is 4.39 Å². The predicted octanol–water partition coefficient (Wildman–Crippen LogP) is 4.91. The average Bonchev–Trinajstić information content (AvgIpc) is 2.55. The summed E-state index contributed by atoms with van der Waals surface area (Å²) >= 11 is 0. The Morgan fingerprint density at radius 1 is 1.20 bits per heavy atom. The minimum Gasteiger partial charge on any atom is -0.321 e. The van der Waals surface area contributed by atoms with Crippen LogP contribution in [0.3, 0.4) is 0 Å². The molecule has 2 rings (SSSR count). The van der Waals surface area contributed by atoms with Gasteiger partial charge in [0.15, 0.2) is 0 Å². The molecule has 1 aromatic rings. The molecule has 1 fully saturated rings. The van der Waals surface area contributed by atoms with E-state index in [1.54, 1.807) is 6.07 Å². The largest absolute Gasteiger partial charge is 0.321 e. The monoisotopic (exact) mass is 277 g/mol. The van der Waals surface area contributed by atoms with Crippen LogP contribution in [0.2, 0.25) is 0 Å². The predicted molar refractivity (Wildman–Crippen MR) is 83.0 cm³/mol. The van der Waals surface area contributed by atoms with E-state index in [-0.39, 0.29) is 11.4 Å². The zero-order chi connectivity index (χ0) is 15.0. The lowest BCUT2D eigenvalue weighted by molar-refractivity contribution is 0.210. The van der Waals surface area contributed by atoms with Crippen molar-refractivity contribution in [3.63, 3.8) is 0 Å². The van der Waals surface area contributed by atoms with E-state index in [4.69, 9.17) is 5.73 Å². The molecule has 1 aliphatic carbocycles. The summed E-state index contributed by atoms with van der Waals surface area (Å²) in [5.41, 5.74) is 8.79. The Hall–Kier alpha value is -0.890. The molecule has 0 aliphatic heterocycles. The van der Waals surface area contributed by atoms with Gasteiger partial charge >= 0.3 is 0 Å². The maximum absolute atomic E-state index is 13.6. The van der Waals surface area contributed by atoms with Crippen molar-refractivity contribution in [2.75, 3.05) is 0 Å². The van der Waals surface area contributed by atoms with Crippen LogP contribution in [0.1, 0.15) is 64.0 Å². The molecule has 0 saturated heterocycles. The number of nitrogens with two attached hydrogens (primary N) is 1. The maximum Gasteiger partial charge on any atom is 0.123 e. The lowest BCUT2D eigenvalue weighted by Gasteiger charge is -2.32. The third-order valence-corrected chi connectivity index (χ3v) is 5.08. The van der Waals surface area contributed by atoms with Gasteiger partial charge in [0.05, 0.1) is 0 Å². The second kappa shape index (κ2) is 5.48. The van der Waals surface area contributed by atoms with Crippen LogP contribution in [0.15, 0.2) is 18.2 Å². The minimum absolute atomic E-state index is 0.174. The molecule has 2 heteroatoms. The highest BCUT2D eigenvalue weighted by Crippen LogP contribution is 2.42. The Morgan fingerprint density at radius 2 is 1.90 bits per heavy atom. The van der Waals surface area contributed by atoms with Crippen molar-refractivity contribution in [3.8, 4) is 0 Å². The molecule has 1 aliphatic rings. The molecule has 0 amide bonds. The summed E-state index contributed by atoms with van der Waals surface area (Å²) in [5.74, 6) is 0.536. The Labute approximate surface area is 122 Å². The lowest BCUT2D eigenvalue weighted by Crippen LogP contribution is -2.37. The Kier molecular flexibility index (Phi) is 4.24. The molecule has 0 radical (unpaired) electrons. The molecule has 2 N–H and O–H groups in total. The smallest absolute Gasteiger partial charge is 0.123 e. The number of halogens is 1. The normalized spacial score (nSPS) is 28.2. The molecule has 1 aromatic carbocycles. The van der Waals surface area contributed by atoms with Gasteiger partial charge in [-0.3, -0.25) is 0 Å². The first kappa shape index (κ1) is 15.5. The molecule has 0 aromatic heterocycles. The van der Waals surface area contributed by atoms with Crippen LogP contribution < -0.4 is 5.73 Å². The Morgan fingerprint density at radius 3 is 2.55 bits per heavy atom. The van der Waals surface area contributed by atoms with Gasteiger partial charge in [-0.15, -0.1) is 0 Å². The quantitative estimate of drug-likeness (QED) is 0.725. The number of hydrogen-bond donors (Lipinski definition) is 1. The fourth-order valence-corrected chi connectivity index (χ4v) is 3.63. The first-order valence-electron chi connectivity index (χ1n) is 7.78. The lowest BCUT2D eigenvalue weighted by atomic mass is 9.75. The van der Waals surface area contributed by atoms with E-state index in [2.05, 4.69) is 20.8 Å². The summed E-state index contributed by atoms with van der Waals surface area (Å²) < 4.78 is 13.6. The number of rotatable bonds is 1. The van der Waals surface area contributed by atoms with Crippen LogP contribution in [-0.4, -0.2) is 0 Å². The van der Waals surface area contributed by atoms with E-state index in [9.17, 15) is 4.39 Å². The highest BCUT2D eigenvalue weighted by molar-refractivity contribution is 5.33. The molecule has 0 spiro atoms. The van der Waals surface area contributed by atoms with Gasteiger partial charge in [-0.2, -0.15) is 0 Å². The third-order valence-electron chi connectivity index (χ3n) is 5.08. The van der Waals surface area contributed by atoms with Crippen molar-refractivity contribution in [1.29, 1.82) is 0 Å². The van der Waals surface area contributed by atoms with E-state index >= 15 is 0 Å². The minimum atomic E-state index is -0.355. The molecule has 0 heterocycles. The van der Waals surface area contributed by atoms with Crippen LogP contribution in [0.25, 0.3) is 0 Å². The molecule has 1 nitrogen and oxygen atoms in total. The Bertz CT molecular complexity index is 475. The van der Waals surface area contributed by atoms with Crippen molar-refractivity contribution >= 4 is 0 Å². The van der Waals surface area contributed by atoms with Gasteiger partial charge in [0.1, 0.15) is 5.82 Å². The molecule has 112 valence electrons. The second-order valence-electron chi connectivity index (χ2n) is 7.61. The van der Waals surface area contributed by atoms with Crippen molar-refractivity contribution in [2.24, 2.45) is 17.1 Å². The van der Waals surface area contributed by atoms with Crippen LogP contribution >= 0.6 is 0 Å². The number of benzene rings is 1. The fraction of sp³-hybridized carbons (Fsp3) is 0.667. The van der Waals surface area contributed by atoms with E-state index in [1.807, 2.05) is 13.0 Å². The summed E-state index contributed by atoms with van der Waals surface area (Å²) in [4.78, 5) is 0. The molecule has 2 unspecified atom stereocenters. The van der Waals surface area contributed by atoms with E-state index in [1.165, 1.54) is 12.5 Å². The van der Waals surface area contributed by atoms with Crippen molar-refractivity contribution in [3.05, 3.63) is 35.1 Å². The van der Waals surface area contributed by atoms with Crippen LogP contribution in [0.5, 0.6) is 0 Å². The van der Waals surface area contributed by atoms with Gasteiger partial charge in [-0.1, -0.05) is 33.3 Å². The SMILES string of the molecule is Cc1ccc(F)cc1C1(N)CCCC(C(C)(C)C)CC1. The third kappa shape index (κ3) is 3.22. The summed E-state index contributed by atoms with van der Waals surface area (Å²) in [6.45, 7) is 8.98. The van der Waals surface area contributed by atoms with E-state index in [0.29, 0.717) is 11.3 Å². The van der Waals surface area contributed by atoms with Crippen molar-refractivity contribution in [1.82, 2.24) is 0 Å². The van der Waals surface area contributed by atoms with Gasteiger partial charge in [0.2, 0.25) is 0 Å². The first-order valence-corrected chi connectivity index (χ1v) is 7.78. The summed E-state index contributed by atoms with van der Waals surface area (Å²) in [7, 11) is 0. The summed E-state index contributed by atoms with van der Waals surface area (Å²) in [5, 5.41) is 0. The number of hydrogen-bond acceptors (Lipinski definition) is 1. The fourth-order valence-electron chi connectivity index (χ4n) is 3.63. The standard InChI is InChI=1S/C18H28FN/c1-13-7-8-15(19)12-16(13)18(20)10-5-6-14(9-11-18)17(2,3)4/h7-8,12,14H,5-6,9-11,20H2,1-4H3. The zero-order valence-corrected chi connectivity index (χ0v) is 13.3. The van der Waals surface area contributed by atoms with Gasteiger partial charge in [-0.25, -0.2) is 4.39 Å². The molecule has 20 heavy (non-hydrogen) atoms. The molecular weight excluding hydrogens is 249 g/mol. The molecule has 2 atom stereocenters.